The summed E-state index contributed by atoms with van der Waals surface area (Å²) in [4.78, 5) is 62.1. The van der Waals surface area contributed by atoms with E-state index < -0.39 is 66.7 Å². The van der Waals surface area contributed by atoms with E-state index in [2.05, 4.69) is 5.10 Å². The Morgan fingerprint density at radius 2 is 1.50 bits per heavy atom. The minimum absolute atomic E-state index is 0.119. The summed E-state index contributed by atoms with van der Waals surface area (Å²) < 4.78 is 35.4. The molecule has 2 aromatic heterocycles. The molecular formula is C29H29N3O11S. The zero-order valence-corrected chi connectivity index (χ0v) is 24.9. The van der Waals surface area contributed by atoms with E-state index in [4.69, 9.17) is 40.3 Å². The Morgan fingerprint density at radius 1 is 0.864 bits per heavy atom. The molecule has 14 nitrogen and oxygen atoms in total. The summed E-state index contributed by atoms with van der Waals surface area (Å²) in [6.45, 7) is 4.05. The lowest BCUT2D eigenvalue weighted by Crippen LogP contribution is -2.61. The van der Waals surface area contributed by atoms with Gasteiger partial charge in [0.25, 0.3) is 5.56 Å². The van der Waals surface area contributed by atoms with Gasteiger partial charge in [0.2, 0.25) is 4.77 Å². The van der Waals surface area contributed by atoms with Crippen molar-refractivity contribution in [3.05, 3.63) is 75.3 Å². The molecule has 44 heavy (non-hydrogen) atoms. The molecule has 1 fully saturated rings. The average Bonchev–Trinajstić information content (AvgIpc) is 3.48. The lowest BCUT2D eigenvalue weighted by molar-refractivity contribution is -0.271. The highest BCUT2D eigenvalue weighted by molar-refractivity contribution is 7.71. The Hall–Kier alpha value is -4.89. The first-order chi connectivity index (χ1) is 21.0. The number of esters is 4. The molecule has 0 unspecified atom stereocenters. The Balaban J connectivity index is 1.96. The molecule has 0 saturated carbocycles. The molecule has 5 atom stereocenters. The maximum atomic E-state index is 13.7. The van der Waals surface area contributed by atoms with Crippen molar-refractivity contribution >= 4 is 48.2 Å². The van der Waals surface area contributed by atoms with Crippen LogP contribution in [0.15, 0.2) is 57.9 Å². The molecule has 0 amide bonds. The quantitative estimate of drug-likeness (QED) is 0.193. The number of carbonyl (C=O) groups excluding carboxylic acids is 4. The summed E-state index contributed by atoms with van der Waals surface area (Å²) >= 11 is 5.72. The number of rotatable bonds is 9. The van der Waals surface area contributed by atoms with Gasteiger partial charge in [-0.05, 0) is 48.6 Å². The van der Waals surface area contributed by atoms with Crippen LogP contribution in [0.25, 0.3) is 17.8 Å². The lowest BCUT2D eigenvalue weighted by atomic mass is 9.97. The normalized spacial score (nSPS) is 21.4. The van der Waals surface area contributed by atoms with Gasteiger partial charge >= 0.3 is 23.9 Å². The SMILES string of the molecule is CC(=O)OC[C@H]1O[C@@H](n2nc(/C=C\c3ccco3)c(=O)n(-c3ccccc3)c2=S)[C@@H](OC(C)=O)[C@@H](OC(C)=O)[C@H]1OC(C)=O. The Kier molecular flexibility index (Phi) is 10.2. The van der Waals surface area contributed by atoms with Crippen molar-refractivity contribution in [3.8, 4) is 5.69 Å². The summed E-state index contributed by atoms with van der Waals surface area (Å²) in [5.41, 5.74) is -0.325. The molecule has 232 valence electrons. The van der Waals surface area contributed by atoms with Crippen LogP contribution in [0.1, 0.15) is 45.4 Å². The molecule has 3 heterocycles. The van der Waals surface area contributed by atoms with Crippen molar-refractivity contribution in [2.45, 2.75) is 58.3 Å². The highest BCUT2D eigenvalue weighted by Crippen LogP contribution is 2.34. The summed E-state index contributed by atoms with van der Waals surface area (Å²) in [6.07, 6.45) is -2.72. The number of hydrogen-bond acceptors (Lipinski definition) is 13. The first-order valence-electron chi connectivity index (χ1n) is 13.3. The fourth-order valence-electron chi connectivity index (χ4n) is 4.53. The molecule has 15 heteroatoms. The Morgan fingerprint density at radius 3 is 2.09 bits per heavy atom. The van der Waals surface area contributed by atoms with E-state index in [-0.39, 0.29) is 10.5 Å². The maximum Gasteiger partial charge on any atom is 0.303 e. The zero-order chi connectivity index (χ0) is 32.0. The molecule has 0 aliphatic carbocycles. The number of ether oxygens (including phenoxy) is 5. The smallest absolute Gasteiger partial charge is 0.303 e. The van der Waals surface area contributed by atoms with Crippen molar-refractivity contribution < 1.29 is 47.3 Å². The molecule has 1 aliphatic heterocycles. The number of aromatic nitrogens is 3. The lowest BCUT2D eigenvalue weighted by Gasteiger charge is -2.44. The molecule has 1 aliphatic rings. The van der Waals surface area contributed by atoms with Crippen molar-refractivity contribution in [2.24, 2.45) is 0 Å². The van der Waals surface area contributed by atoms with Crippen molar-refractivity contribution in [1.82, 2.24) is 14.3 Å². The molecule has 0 spiro atoms. The average molecular weight is 628 g/mol. The van der Waals surface area contributed by atoms with Crippen LogP contribution in [0, 0.1) is 4.77 Å². The third-order valence-corrected chi connectivity index (χ3v) is 6.56. The van der Waals surface area contributed by atoms with Crippen LogP contribution < -0.4 is 5.56 Å². The van der Waals surface area contributed by atoms with E-state index in [1.807, 2.05) is 0 Å². The van der Waals surface area contributed by atoms with Gasteiger partial charge in [-0.15, -0.1) is 0 Å². The number of carbonyl (C=O) groups is 4. The van der Waals surface area contributed by atoms with Crippen molar-refractivity contribution in [2.75, 3.05) is 6.61 Å². The predicted molar refractivity (Wildman–Crippen MR) is 153 cm³/mol. The molecule has 1 saturated heterocycles. The summed E-state index contributed by atoms with van der Waals surface area (Å²) in [5.74, 6) is -2.62. The van der Waals surface area contributed by atoms with Gasteiger partial charge in [0.05, 0.1) is 12.0 Å². The fourth-order valence-corrected chi connectivity index (χ4v) is 4.86. The van der Waals surface area contributed by atoms with E-state index in [0.29, 0.717) is 11.4 Å². The first kappa shape index (κ1) is 32.0. The number of para-hydroxylation sites is 1. The molecule has 0 bridgehead atoms. The standard InChI is InChI=1S/C29H29N3O11S/c1-16(33)39-15-23-24(40-17(2)34)25(41-18(3)35)26(42-19(4)36)28(43-23)32-29(44)31(20-9-6-5-7-10-20)27(37)22(30-32)13-12-21-11-8-14-38-21/h5-14,23-26,28H,15H2,1-4H3/b13-12-/t23-,24+,25+,26+,28-/m1/s1. The Labute approximate surface area is 255 Å². The summed E-state index contributed by atoms with van der Waals surface area (Å²) in [7, 11) is 0. The van der Waals surface area contributed by atoms with Crippen LogP contribution in [0.5, 0.6) is 0 Å². The van der Waals surface area contributed by atoms with Gasteiger partial charge in [-0.3, -0.25) is 28.5 Å². The fraction of sp³-hybridized carbons (Fsp3) is 0.345. The largest absolute Gasteiger partial charge is 0.465 e. The number of benzene rings is 1. The van der Waals surface area contributed by atoms with E-state index >= 15 is 0 Å². The molecule has 1 aromatic carbocycles. The van der Waals surface area contributed by atoms with E-state index in [0.717, 1.165) is 32.4 Å². The van der Waals surface area contributed by atoms with E-state index in [1.54, 1.807) is 42.5 Å². The second kappa shape index (κ2) is 14.1. The maximum absolute atomic E-state index is 13.7. The minimum Gasteiger partial charge on any atom is -0.465 e. The second-order valence-corrected chi connectivity index (χ2v) is 9.89. The predicted octanol–water partition coefficient (Wildman–Crippen LogP) is 2.78. The van der Waals surface area contributed by atoms with Gasteiger partial charge in [-0.1, -0.05) is 18.2 Å². The first-order valence-corrected chi connectivity index (χ1v) is 13.7. The van der Waals surface area contributed by atoms with Crippen molar-refractivity contribution in [3.63, 3.8) is 0 Å². The van der Waals surface area contributed by atoms with Crippen LogP contribution in [0.4, 0.5) is 0 Å². The van der Waals surface area contributed by atoms with Crippen LogP contribution in [0.2, 0.25) is 0 Å². The van der Waals surface area contributed by atoms with Crippen molar-refractivity contribution in [1.29, 1.82) is 0 Å². The Bertz CT molecular complexity index is 1660. The van der Waals surface area contributed by atoms with Crippen LogP contribution >= 0.6 is 12.2 Å². The molecular weight excluding hydrogens is 598 g/mol. The van der Waals surface area contributed by atoms with Gasteiger partial charge in [0, 0.05) is 27.7 Å². The highest BCUT2D eigenvalue weighted by atomic mass is 32.1. The molecule has 3 aromatic rings. The topological polar surface area (TPSA) is 167 Å². The van der Waals surface area contributed by atoms with E-state index in [9.17, 15) is 24.0 Å². The summed E-state index contributed by atoms with van der Waals surface area (Å²) in [6, 6.07) is 11.8. The van der Waals surface area contributed by atoms with Crippen LogP contribution in [-0.4, -0.2) is 69.2 Å². The monoisotopic (exact) mass is 627 g/mol. The molecule has 0 radical (unpaired) electrons. The minimum atomic E-state index is -1.50. The third kappa shape index (κ3) is 7.54. The van der Waals surface area contributed by atoms with Gasteiger partial charge in [0.1, 0.15) is 24.2 Å². The highest BCUT2D eigenvalue weighted by Gasteiger charge is 2.53. The summed E-state index contributed by atoms with van der Waals surface area (Å²) in [5, 5.41) is 4.45. The number of nitrogens with zero attached hydrogens (tertiary/aromatic N) is 3. The van der Waals surface area contributed by atoms with Gasteiger partial charge in [-0.25, -0.2) is 4.68 Å². The molecule has 0 N–H and O–H groups in total. The zero-order valence-electron chi connectivity index (χ0n) is 24.1. The van der Waals surface area contributed by atoms with E-state index in [1.165, 1.54) is 23.0 Å². The van der Waals surface area contributed by atoms with Crippen LogP contribution in [-0.2, 0) is 42.9 Å². The van der Waals surface area contributed by atoms with Gasteiger partial charge < -0.3 is 28.1 Å². The van der Waals surface area contributed by atoms with Gasteiger partial charge in [-0.2, -0.15) is 5.10 Å². The molecule has 4 rings (SSSR count). The second-order valence-electron chi connectivity index (χ2n) is 9.53. The van der Waals surface area contributed by atoms with Gasteiger partial charge in [0.15, 0.2) is 24.5 Å². The number of hydrogen-bond donors (Lipinski definition) is 0. The third-order valence-electron chi connectivity index (χ3n) is 6.20. The number of furan rings is 1. The van der Waals surface area contributed by atoms with Crippen LogP contribution in [0.3, 0.4) is 0 Å².